The molecule has 0 spiro atoms. The van der Waals surface area contributed by atoms with Gasteiger partial charge in [-0.05, 0) is 98.7 Å². The maximum atomic E-state index is 11.1. The topological polar surface area (TPSA) is 77.8 Å². The Balaban J connectivity index is 1.55. The molecule has 0 aliphatic heterocycles. The van der Waals surface area contributed by atoms with E-state index in [2.05, 4.69) is 20.8 Å². The lowest BCUT2D eigenvalue weighted by atomic mass is 9.43. The molecule has 3 N–H and O–H groups in total. The zero-order valence-electron chi connectivity index (χ0n) is 17.9. The SMILES string of the molecule is C[C@H](CCC(=O)O)[C@H]1CC[C@H]2[C@@H]3CC[C@@H]4CCC(O)C(O)[C@]4(C)[C@H]3CC[C@]12C. The summed E-state index contributed by atoms with van der Waals surface area (Å²) in [6.07, 6.45) is 9.11. The van der Waals surface area contributed by atoms with Crippen LogP contribution in [0.25, 0.3) is 0 Å². The average Bonchev–Trinajstić information content (AvgIpc) is 3.01. The van der Waals surface area contributed by atoms with Crippen LogP contribution in [0.2, 0.25) is 0 Å². The molecular weight excluding hydrogens is 352 g/mol. The first-order valence-corrected chi connectivity index (χ1v) is 11.8. The van der Waals surface area contributed by atoms with Crippen molar-refractivity contribution >= 4 is 5.97 Å². The monoisotopic (exact) mass is 392 g/mol. The highest BCUT2D eigenvalue weighted by atomic mass is 16.4. The van der Waals surface area contributed by atoms with Crippen LogP contribution in [-0.2, 0) is 4.79 Å². The number of carbonyl (C=O) groups is 1. The number of hydrogen-bond donors (Lipinski definition) is 3. The third-order valence-electron chi connectivity index (χ3n) is 10.4. The Morgan fingerprint density at radius 1 is 1.00 bits per heavy atom. The smallest absolute Gasteiger partial charge is 0.303 e. The molecule has 0 aromatic carbocycles. The van der Waals surface area contributed by atoms with Crippen molar-refractivity contribution in [2.24, 2.45) is 46.3 Å². The molecule has 4 nitrogen and oxygen atoms in total. The van der Waals surface area contributed by atoms with Gasteiger partial charge < -0.3 is 15.3 Å². The first-order chi connectivity index (χ1) is 13.2. The van der Waals surface area contributed by atoms with Crippen LogP contribution < -0.4 is 0 Å². The van der Waals surface area contributed by atoms with Gasteiger partial charge in [-0.25, -0.2) is 0 Å². The third kappa shape index (κ3) is 2.96. The van der Waals surface area contributed by atoms with Crippen LogP contribution in [0.5, 0.6) is 0 Å². The molecule has 0 amide bonds. The summed E-state index contributed by atoms with van der Waals surface area (Å²) in [5, 5.41) is 30.6. The summed E-state index contributed by atoms with van der Waals surface area (Å²) in [7, 11) is 0. The van der Waals surface area contributed by atoms with Crippen LogP contribution >= 0.6 is 0 Å². The lowest BCUT2D eigenvalue weighted by molar-refractivity contribution is -0.196. The van der Waals surface area contributed by atoms with E-state index in [0.717, 1.165) is 25.7 Å². The van der Waals surface area contributed by atoms with E-state index in [1.165, 1.54) is 32.1 Å². The number of aliphatic hydroxyl groups excluding tert-OH is 2. The van der Waals surface area contributed by atoms with E-state index in [9.17, 15) is 15.0 Å². The van der Waals surface area contributed by atoms with Crippen molar-refractivity contribution in [1.82, 2.24) is 0 Å². The van der Waals surface area contributed by atoms with Crippen LogP contribution in [0.1, 0.15) is 85.0 Å². The van der Waals surface area contributed by atoms with Crippen molar-refractivity contribution in [2.45, 2.75) is 97.2 Å². The molecule has 4 heteroatoms. The molecule has 4 aliphatic rings. The first-order valence-electron chi connectivity index (χ1n) is 11.8. The number of rotatable bonds is 4. The minimum Gasteiger partial charge on any atom is -0.481 e. The highest BCUT2D eigenvalue weighted by Crippen LogP contribution is 2.68. The van der Waals surface area contributed by atoms with Crippen LogP contribution in [0.15, 0.2) is 0 Å². The highest BCUT2D eigenvalue weighted by Gasteiger charge is 2.62. The summed E-state index contributed by atoms with van der Waals surface area (Å²) >= 11 is 0. The van der Waals surface area contributed by atoms with Gasteiger partial charge >= 0.3 is 5.97 Å². The van der Waals surface area contributed by atoms with Gasteiger partial charge in [-0.2, -0.15) is 0 Å². The largest absolute Gasteiger partial charge is 0.481 e. The maximum absolute atomic E-state index is 11.1. The molecule has 0 heterocycles. The lowest BCUT2D eigenvalue weighted by Gasteiger charge is -2.62. The van der Waals surface area contributed by atoms with E-state index in [4.69, 9.17) is 5.11 Å². The predicted octanol–water partition coefficient (Wildman–Crippen LogP) is 4.48. The first kappa shape index (κ1) is 20.7. The van der Waals surface area contributed by atoms with Gasteiger partial charge in [0.25, 0.3) is 0 Å². The molecular formula is C24H40O4. The zero-order chi connectivity index (χ0) is 20.3. The van der Waals surface area contributed by atoms with Gasteiger partial charge in [-0.3, -0.25) is 4.79 Å². The van der Waals surface area contributed by atoms with Gasteiger partial charge in [-0.1, -0.05) is 20.8 Å². The number of hydrogen-bond acceptors (Lipinski definition) is 3. The van der Waals surface area contributed by atoms with Gasteiger partial charge in [-0.15, -0.1) is 0 Å². The van der Waals surface area contributed by atoms with Crippen molar-refractivity contribution in [3.63, 3.8) is 0 Å². The third-order valence-corrected chi connectivity index (χ3v) is 10.4. The van der Waals surface area contributed by atoms with Crippen LogP contribution in [0.4, 0.5) is 0 Å². The predicted molar refractivity (Wildman–Crippen MR) is 109 cm³/mol. The molecule has 0 aromatic rings. The Hall–Kier alpha value is -0.610. The van der Waals surface area contributed by atoms with E-state index in [1.807, 2.05) is 0 Å². The minimum atomic E-state index is -0.675. The summed E-state index contributed by atoms with van der Waals surface area (Å²) in [6, 6.07) is 0. The molecule has 160 valence electrons. The zero-order valence-corrected chi connectivity index (χ0v) is 17.9. The number of carboxylic acid groups (broad SMARTS) is 1. The number of fused-ring (bicyclic) bond motifs is 5. The van der Waals surface area contributed by atoms with Gasteiger partial charge in [0.2, 0.25) is 0 Å². The molecule has 0 bridgehead atoms. The second-order valence-corrected chi connectivity index (χ2v) is 11.2. The van der Waals surface area contributed by atoms with E-state index >= 15 is 0 Å². The normalized spacial score (nSPS) is 51.7. The van der Waals surface area contributed by atoms with Crippen LogP contribution in [-0.4, -0.2) is 33.5 Å². The fraction of sp³-hybridized carbons (Fsp3) is 0.958. The summed E-state index contributed by atoms with van der Waals surface area (Å²) in [5.74, 6) is 2.88. The Morgan fingerprint density at radius 3 is 2.43 bits per heavy atom. The molecule has 0 radical (unpaired) electrons. The maximum Gasteiger partial charge on any atom is 0.303 e. The van der Waals surface area contributed by atoms with Crippen molar-refractivity contribution in [1.29, 1.82) is 0 Å². The fourth-order valence-corrected chi connectivity index (χ4v) is 8.86. The second kappa shape index (κ2) is 7.27. The second-order valence-electron chi connectivity index (χ2n) is 11.2. The van der Waals surface area contributed by atoms with Crippen LogP contribution in [0, 0.1) is 46.3 Å². The fourth-order valence-electron chi connectivity index (χ4n) is 8.86. The van der Waals surface area contributed by atoms with Crippen molar-refractivity contribution in [3.8, 4) is 0 Å². The summed E-state index contributed by atoms with van der Waals surface area (Å²) in [6.45, 7) is 7.04. The van der Waals surface area contributed by atoms with Crippen molar-refractivity contribution < 1.29 is 20.1 Å². The Labute approximate surface area is 170 Å². The number of aliphatic hydroxyl groups is 2. The van der Waals surface area contributed by atoms with Crippen molar-refractivity contribution in [3.05, 3.63) is 0 Å². The molecule has 28 heavy (non-hydrogen) atoms. The van der Waals surface area contributed by atoms with Crippen LogP contribution in [0.3, 0.4) is 0 Å². The van der Waals surface area contributed by atoms with E-state index in [-0.39, 0.29) is 11.8 Å². The van der Waals surface area contributed by atoms with E-state index in [1.54, 1.807) is 0 Å². The summed E-state index contributed by atoms with van der Waals surface area (Å²) in [5.41, 5.74) is 0.190. The molecule has 10 atom stereocenters. The van der Waals surface area contributed by atoms with Gasteiger partial charge in [0.15, 0.2) is 0 Å². The Kier molecular flexibility index (Phi) is 5.36. The van der Waals surface area contributed by atoms with E-state index < -0.39 is 18.2 Å². The van der Waals surface area contributed by atoms with Gasteiger partial charge in [0.1, 0.15) is 0 Å². The standard InChI is InChI=1S/C24H40O4/c1-14(4-11-21(26)27)17-8-9-18-16-7-5-15-6-10-20(25)22(28)24(15,3)19(16)12-13-23(17,18)2/h14-20,22,25,28H,4-13H2,1-3H3,(H,26,27)/t14-,15-,16+,17-,18+,19+,20?,22?,23-,24+/m1/s1. The average molecular weight is 393 g/mol. The molecule has 0 saturated heterocycles. The Bertz CT molecular complexity index is 601. The van der Waals surface area contributed by atoms with E-state index in [0.29, 0.717) is 40.9 Å². The number of aliphatic carboxylic acids is 1. The molecule has 2 unspecified atom stereocenters. The number of carboxylic acids is 1. The lowest BCUT2D eigenvalue weighted by Crippen LogP contribution is -2.60. The molecule has 0 aromatic heterocycles. The molecule has 4 fully saturated rings. The quantitative estimate of drug-likeness (QED) is 0.659. The van der Waals surface area contributed by atoms with Crippen molar-refractivity contribution in [2.75, 3.05) is 0 Å². The molecule has 4 rings (SSSR count). The van der Waals surface area contributed by atoms with Gasteiger partial charge in [0.05, 0.1) is 12.2 Å². The molecule has 4 aliphatic carbocycles. The molecule has 4 saturated carbocycles. The van der Waals surface area contributed by atoms with Gasteiger partial charge in [0, 0.05) is 11.8 Å². The minimum absolute atomic E-state index is 0.130. The summed E-state index contributed by atoms with van der Waals surface area (Å²) < 4.78 is 0. The summed E-state index contributed by atoms with van der Waals surface area (Å²) in [4.78, 5) is 11.1. The Morgan fingerprint density at radius 2 is 1.71 bits per heavy atom. The highest BCUT2D eigenvalue weighted by molar-refractivity contribution is 5.66.